The molecule has 0 N–H and O–H groups in total. The molecule has 0 nitrogen and oxygen atoms in total. The van der Waals surface area contributed by atoms with E-state index in [9.17, 15) is 0 Å². The van der Waals surface area contributed by atoms with Gasteiger partial charge in [0.05, 0.1) is 0 Å². The Morgan fingerprint density at radius 2 is 1.15 bits per heavy atom. The van der Waals surface area contributed by atoms with E-state index in [1.54, 1.807) is 0 Å². The summed E-state index contributed by atoms with van der Waals surface area (Å²) in [5.74, 6) is 0. The van der Waals surface area contributed by atoms with E-state index in [1.807, 2.05) is 13.8 Å². The second-order valence-corrected chi connectivity index (χ2v) is 5.26. The molecule has 0 unspecified atom stereocenters. The van der Waals surface area contributed by atoms with Gasteiger partial charge < -0.3 is 0 Å². The molecular weight excluding hydrogens is 156 g/mol. The van der Waals surface area contributed by atoms with E-state index in [4.69, 9.17) is 0 Å². The van der Waals surface area contributed by atoms with Crippen LogP contribution in [-0.2, 0) is 0 Å². The SMILES string of the molecule is C.CC.CCC(C)(C)CC(C)(C)C. The van der Waals surface area contributed by atoms with Gasteiger partial charge in [-0.15, -0.1) is 0 Å². The summed E-state index contributed by atoms with van der Waals surface area (Å²) in [6.45, 7) is 17.9. The van der Waals surface area contributed by atoms with Crippen molar-refractivity contribution in [1.82, 2.24) is 0 Å². The van der Waals surface area contributed by atoms with Gasteiger partial charge in [0.15, 0.2) is 0 Å². The van der Waals surface area contributed by atoms with E-state index in [-0.39, 0.29) is 7.43 Å². The van der Waals surface area contributed by atoms with E-state index >= 15 is 0 Å². The van der Waals surface area contributed by atoms with Gasteiger partial charge in [0.2, 0.25) is 0 Å². The Morgan fingerprint density at radius 1 is 0.846 bits per heavy atom. The number of hydrogen-bond donors (Lipinski definition) is 0. The molecule has 0 aliphatic heterocycles. The van der Waals surface area contributed by atoms with Crippen molar-refractivity contribution in [3.63, 3.8) is 0 Å². The fourth-order valence-electron chi connectivity index (χ4n) is 1.56. The van der Waals surface area contributed by atoms with Crippen LogP contribution >= 0.6 is 0 Å². The summed E-state index contributed by atoms with van der Waals surface area (Å²) in [5.41, 5.74) is 1.01. The van der Waals surface area contributed by atoms with Crippen LogP contribution in [0.1, 0.15) is 75.7 Å². The number of hydrogen-bond acceptors (Lipinski definition) is 0. The highest BCUT2D eigenvalue weighted by Crippen LogP contribution is 2.35. The first-order valence-corrected chi connectivity index (χ1v) is 5.27. The quantitative estimate of drug-likeness (QED) is 0.535. The van der Waals surface area contributed by atoms with Gasteiger partial charge in [-0.2, -0.15) is 0 Å². The Balaban J connectivity index is -0.000000309. The molecule has 0 radical (unpaired) electrons. The summed E-state index contributed by atoms with van der Waals surface area (Å²) < 4.78 is 0. The minimum atomic E-state index is 0. The Bertz CT molecular complexity index is 93.1. The molecular formula is C13H32. The minimum absolute atomic E-state index is 0. The van der Waals surface area contributed by atoms with Crippen LogP contribution in [0.5, 0.6) is 0 Å². The fraction of sp³-hybridized carbons (Fsp3) is 1.00. The molecule has 0 amide bonds. The molecule has 0 saturated carbocycles. The molecule has 0 atom stereocenters. The highest BCUT2D eigenvalue weighted by Gasteiger charge is 2.23. The van der Waals surface area contributed by atoms with Crippen LogP contribution in [0.15, 0.2) is 0 Å². The molecule has 84 valence electrons. The Hall–Kier alpha value is 0. The largest absolute Gasteiger partial charge is 0.0776 e. The average molecular weight is 188 g/mol. The van der Waals surface area contributed by atoms with Gasteiger partial charge in [-0.25, -0.2) is 0 Å². The van der Waals surface area contributed by atoms with Gasteiger partial charge in [0.25, 0.3) is 0 Å². The lowest BCUT2D eigenvalue weighted by molar-refractivity contribution is 0.206. The van der Waals surface area contributed by atoms with E-state index in [2.05, 4.69) is 41.5 Å². The van der Waals surface area contributed by atoms with Crippen molar-refractivity contribution in [2.24, 2.45) is 10.8 Å². The van der Waals surface area contributed by atoms with Crippen molar-refractivity contribution in [1.29, 1.82) is 0 Å². The summed E-state index contributed by atoms with van der Waals surface area (Å²) >= 11 is 0. The number of rotatable bonds is 2. The molecule has 0 aliphatic carbocycles. The van der Waals surface area contributed by atoms with Crippen molar-refractivity contribution in [2.75, 3.05) is 0 Å². The van der Waals surface area contributed by atoms with Crippen LogP contribution in [0.25, 0.3) is 0 Å². The third-order valence-electron chi connectivity index (χ3n) is 1.97. The second kappa shape index (κ2) is 7.41. The molecule has 0 fully saturated rings. The lowest BCUT2D eigenvalue weighted by Gasteiger charge is -2.31. The Morgan fingerprint density at radius 3 is 1.23 bits per heavy atom. The van der Waals surface area contributed by atoms with Crippen molar-refractivity contribution >= 4 is 0 Å². The van der Waals surface area contributed by atoms with Crippen molar-refractivity contribution in [3.8, 4) is 0 Å². The van der Waals surface area contributed by atoms with Crippen LogP contribution in [0.4, 0.5) is 0 Å². The minimum Gasteiger partial charge on any atom is -0.0776 e. The molecule has 13 heavy (non-hydrogen) atoms. The summed E-state index contributed by atoms with van der Waals surface area (Å²) in [5, 5.41) is 0. The smallest absolute Gasteiger partial charge is 0.0352 e. The third kappa shape index (κ3) is 14.8. The van der Waals surface area contributed by atoms with E-state index in [0.717, 1.165) is 0 Å². The molecule has 0 aromatic heterocycles. The van der Waals surface area contributed by atoms with E-state index in [1.165, 1.54) is 12.8 Å². The maximum absolute atomic E-state index is 2.35. The zero-order chi connectivity index (χ0) is 10.4. The van der Waals surface area contributed by atoms with Crippen LogP contribution < -0.4 is 0 Å². The molecule has 0 aromatic rings. The summed E-state index contributed by atoms with van der Waals surface area (Å²) in [6, 6.07) is 0. The molecule has 0 aliphatic rings. The fourth-order valence-corrected chi connectivity index (χ4v) is 1.56. The molecule has 0 bridgehead atoms. The van der Waals surface area contributed by atoms with E-state index < -0.39 is 0 Å². The summed E-state index contributed by atoms with van der Waals surface area (Å²) in [4.78, 5) is 0. The average Bonchev–Trinajstić information content (AvgIpc) is 1.88. The standard InChI is InChI=1S/C10H22.C2H6.CH4/c1-7-10(5,6)8-9(2,3)4;1-2;/h7-8H2,1-6H3;1-2H3;1H4. The molecule has 0 heteroatoms. The summed E-state index contributed by atoms with van der Waals surface area (Å²) in [6.07, 6.45) is 2.60. The van der Waals surface area contributed by atoms with Crippen LogP contribution in [-0.4, -0.2) is 0 Å². The maximum atomic E-state index is 2.35. The van der Waals surface area contributed by atoms with Gasteiger partial charge >= 0.3 is 0 Å². The molecule has 0 aromatic carbocycles. The van der Waals surface area contributed by atoms with Crippen LogP contribution in [0.3, 0.4) is 0 Å². The second-order valence-electron chi connectivity index (χ2n) is 5.26. The molecule has 0 heterocycles. The molecule has 0 spiro atoms. The molecule has 0 saturated heterocycles. The Labute approximate surface area is 87.1 Å². The van der Waals surface area contributed by atoms with Crippen LogP contribution in [0, 0.1) is 10.8 Å². The summed E-state index contributed by atoms with van der Waals surface area (Å²) in [7, 11) is 0. The zero-order valence-corrected chi connectivity index (χ0v) is 10.4. The van der Waals surface area contributed by atoms with Crippen molar-refractivity contribution in [3.05, 3.63) is 0 Å². The first kappa shape index (κ1) is 18.7. The Kier molecular flexibility index (Phi) is 10.7. The van der Waals surface area contributed by atoms with Gasteiger partial charge in [-0.05, 0) is 17.3 Å². The van der Waals surface area contributed by atoms with Gasteiger partial charge in [-0.1, -0.05) is 69.2 Å². The lowest BCUT2D eigenvalue weighted by Crippen LogP contribution is -2.19. The van der Waals surface area contributed by atoms with Gasteiger partial charge in [0, 0.05) is 0 Å². The van der Waals surface area contributed by atoms with Crippen molar-refractivity contribution < 1.29 is 0 Å². The molecule has 0 rings (SSSR count). The zero-order valence-electron chi connectivity index (χ0n) is 10.4. The predicted octanol–water partition coefficient (Wildman–Crippen LogP) is 5.52. The van der Waals surface area contributed by atoms with Gasteiger partial charge in [0.1, 0.15) is 0 Å². The topological polar surface area (TPSA) is 0 Å². The highest BCUT2D eigenvalue weighted by molar-refractivity contribution is 4.74. The maximum Gasteiger partial charge on any atom is -0.0352 e. The lowest BCUT2D eigenvalue weighted by atomic mass is 9.75. The first-order chi connectivity index (χ1) is 5.27. The predicted molar refractivity (Wildman–Crippen MR) is 66.2 cm³/mol. The van der Waals surface area contributed by atoms with E-state index in [0.29, 0.717) is 10.8 Å². The normalized spacial score (nSPS) is 11.1. The van der Waals surface area contributed by atoms with Crippen molar-refractivity contribution in [2.45, 2.75) is 75.7 Å². The monoisotopic (exact) mass is 188 g/mol. The first-order valence-electron chi connectivity index (χ1n) is 5.27. The highest BCUT2D eigenvalue weighted by atomic mass is 14.3. The van der Waals surface area contributed by atoms with Crippen LogP contribution in [0.2, 0.25) is 0 Å². The third-order valence-corrected chi connectivity index (χ3v) is 1.97. The van der Waals surface area contributed by atoms with Gasteiger partial charge in [-0.3, -0.25) is 0 Å².